The van der Waals surface area contributed by atoms with E-state index in [0.29, 0.717) is 19.2 Å². The van der Waals surface area contributed by atoms with Crippen LogP contribution in [0.1, 0.15) is 17.2 Å². The lowest BCUT2D eigenvalue weighted by Crippen LogP contribution is -2.44. The summed E-state index contributed by atoms with van der Waals surface area (Å²) in [6.07, 6.45) is -2.96. The molecule has 2 nitrogen and oxygen atoms in total. The van der Waals surface area contributed by atoms with E-state index in [4.69, 9.17) is 0 Å². The lowest BCUT2D eigenvalue weighted by Gasteiger charge is -2.33. The topological polar surface area (TPSA) is 15.3 Å². The predicted octanol–water partition coefficient (Wildman–Crippen LogP) is 2.98. The number of piperazine rings is 1. The normalized spacial score (nSPS) is 18.8. The Hall–Kier alpha value is -1.40. The van der Waals surface area contributed by atoms with Gasteiger partial charge >= 0.3 is 6.18 Å². The van der Waals surface area contributed by atoms with Crippen LogP contribution in [0.3, 0.4) is 0 Å². The molecule has 1 saturated heterocycles. The molecular formula is C14H16F4N2. The van der Waals surface area contributed by atoms with Gasteiger partial charge in [-0.3, -0.25) is 4.90 Å². The molecule has 0 saturated carbocycles. The van der Waals surface area contributed by atoms with Crippen molar-refractivity contribution in [1.29, 1.82) is 0 Å². The van der Waals surface area contributed by atoms with Crippen LogP contribution in [0.5, 0.6) is 0 Å². The highest BCUT2D eigenvalue weighted by Crippen LogP contribution is 2.32. The van der Waals surface area contributed by atoms with E-state index in [1.807, 2.05) is 4.90 Å². The van der Waals surface area contributed by atoms with Crippen LogP contribution in [0.4, 0.5) is 17.6 Å². The zero-order chi connectivity index (χ0) is 14.8. The van der Waals surface area contributed by atoms with Gasteiger partial charge in [0.1, 0.15) is 5.82 Å². The van der Waals surface area contributed by atoms with E-state index in [1.165, 1.54) is 6.07 Å². The molecule has 0 unspecified atom stereocenters. The quantitative estimate of drug-likeness (QED) is 0.679. The second kappa shape index (κ2) is 5.93. The van der Waals surface area contributed by atoms with Crippen LogP contribution in [-0.4, -0.2) is 31.1 Å². The van der Waals surface area contributed by atoms with Crippen molar-refractivity contribution < 1.29 is 17.6 Å². The molecule has 1 aromatic rings. The lowest BCUT2D eigenvalue weighted by molar-refractivity contribution is -0.137. The Morgan fingerprint density at radius 1 is 1.25 bits per heavy atom. The van der Waals surface area contributed by atoms with E-state index in [0.717, 1.165) is 19.2 Å². The van der Waals surface area contributed by atoms with Crippen molar-refractivity contribution in [2.75, 3.05) is 26.2 Å². The van der Waals surface area contributed by atoms with E-state index in [2.05, 4.69) is 11.9 Å². The minimum Gasteiger partial charge on any atom is -0.314 e. The van der Waals surface area contributed by atoms with Gasteiger partial charge in [-0.2, -0.15) is 13.2 Å². The highest BCUT2D eigenvalue weighted by Gasteiger charge is 2.32. The highest BCUT2D eigenvalue weighted by atomic mass is 19.4. The monoisotopic (exact) mass is 288 g/mol. The Labute approximate surface area is 115 Å². The average Bonchev–Trinajstić information content (AvgIpc) is 2.41. The standard InChI is InChI=1S/C14H16F4N2/c1-2-13(20-7-5-19-6-8-20)11-4-3-10(9-12(11)15)14(16,17)18/h2-4,9,13,19H,1,5-8H2/t13-/m0/s1. The van der Waals surface area contributed by atoms with Crippen LogP contribution in [0.25, 0.3) is 0 Å². The zero-order valence-electron chi connectivity index (χ0n) is 10.9. The fourth-order valence-electron chi connectivity index (χ4n) is 2.38. The number of alkyl halides is 3. The lowest BCUT2D eigenvalue weighted by atomic mass is 10.0. The first kappa shape index (κ1) is 15.0. The Bertz CT molecular complexity index is 479. The van der Waals surface area contributed by atoms with Crippen molar-refractivity contribution in [3.8, 4) is 0 Å². The number of benzene rings is 1. The van der Waals surface area contributed by atoms with Crippen molar-refractivity contribution in [2.45, 2.75) is 12.2 Å². The Morgan fingerprint density at radius 3 is 2.40 bits per heavy atom. The SMILES string of the molecule is C=C[C@@H](c1ccc(C(F)(F)F)cc1F)N1CCNCC1. The van der Waals surface area contributed by atoms with Gasteiger partial charge in [0.15, 0.2) is 0 Å². The summed E-state index contributed by atoms with van der Waals surface area (Å²) in [6, 6.07) is 2.26. The van der Waals surface area contributed by atoms with Crippen LogP contribution in [0.2, 0.25) is 0 Å². The molecule has 0 bridgehead atoms. The summed E-state index contributed by atoms with van der Waals surface area (Å²) in [5, 5.41) is 3.17. The maximum absolute atomic E-state index is 14.0. The third-order valence-corrected chi connectivity index (χ3v) is 3.41. The molecule has 110 valence electrons. The molecule has 6 heteroatoms. The van der Waals surface area contributed by atoms with Crippen LogP contribution in [-0.2, 0) is 6.18 Å². The van der Waals surface area contributed by atoms with Crippen molar-refractivity contribution in [3.63, 3.8) is 0 Å². The molecule has 1 aromatic carbocycles. The fraction of sp³-hybridized carbons (Fsp3) is 0.429. The van der Waals surface area contributed by atoms with Gasteiger partial charge in [0.05, 0.1) is 11.6 Å². The van der Waals surface area contributed by atoms with Gasteiger partial charge < -0.3 is 5.32 Å². The van der Waals surface area contributed by atoms with Gasteiger partial charge in [-0.25, -0.2) is 4.39 Å². The van der Waals surface area contributed by atoms with Crippen LogP contribution < -0.4 is 5.32 Å². The second-order valence-electron chi connectivity index (χ2n) is 4.70. The summed E-state index contributed by atoms with van der Waals surface area (Å²) in [5.41, 5.74) is -0.739. The van der Waals surface area contributed by atoms with Gasteiger partial charge in [-0.15, -0.1) is 6.58 Å². The average molecular weight is 288 g/mol. The molecule has 0 radical (unpaired) electrons. The second-order valence-corrected chi connectivity index (χ2v) is 4.70. The molecule has 20 heavy (non-hydrogen) atoms. The summed E-state index contributed by atoms with van der Waals surface area (Å²) >= 11 is 0. The molecule has 2 rings (SSSR count). The largest absolute Gasteiger partial charge is 0.416 e. The minimum atomic E-state index is -4.53. The van der Waals surface area contributed by atoms with Gasteiger partial charge in [-0.1, -0.05) is 12.1 Å². The summed E-state index contributed by atoms with van der Waals surface area (Å²) in [4.78, 5) is 2.00. The van der Waals surface area contributed by atoms with Crippen molar-refractivity contribution in [2.24, 2.45) is 0 Å². The number of hydrogen-bond donors (Lipinski definition) is 1. The number of hydrogen-bond acceptors (Lipinski definition) is 2. The van der Waals surface area contributed by atoms with Gasteiger partial charge in [0, 0.05) is 31.7 Å². The fourth-order valence-corrected chi connectivity index (χ4v) is 2.38. The summed E-state index contributed by atoms with van der Waals surface area (Å²) < 4.78 is 51.6. The Balaban J connectivity index is 2.28. The van der Waals surface area contributed by atoms with Crippen molar-refractivity contribution in [1.82, 2.24) is 10.2 Å². The van der Waals surface area contributed by atoms with Gasteiger partial charge in [-0.05, 0) is 12.1 Å². The van der Waals surface area contributed by atoms with Crippen LogP contribution in [0, 0.1) is 5.82 Å². The first-order chi connectivity index (χ1) is 9.43. The Morgan fingerprint density at radius 2 is 1.90 bits per heavy atom. The third kappa shape index (κ3) is 3.19. The van der Waals surface area contributed by atoms with E-state index < -0.39 is 23.6 Å². The number of rotatable bonds is 3. The maximum atomic E-state index is 14.0. The first-order valence-electron chi connectivity index (χ1n) is 6.37. The molecule has 1 heterocycles. The number of halogens is 4. The van der Waals surface area contributed by atoms with Crippen LogP contribution >= 0.6 is 0 Å². The molecule has 1 aliphatic rings. The molecule has 1 atom stereocenters. The Kier molecular flexibility index (Phi) is 4.45. The van der Waals surface area contributed by atoms with E-state index in [9.17, 15) is 17.6 Å². The third-order valence-electron chi connectivity index (χ3n) is 3.41. The van der Waals surface area contributed by atoms with Crippen LogP contribution in [0.15, 0.2) is 30.9 Å². The molecule has 0 aliphatic carbocycles. The summed E-state index contributed by atoms with van der Waals surface area (Å²) in [5.74, 6) is -0.844. The first-order valence-corrected chi connectivity index (χ1v) is 6.37. The minimum absolute atomic E-state index is 0.231. The number of nitrogens with zero attached hydrogens (tertiary/aromatic N) is 1. The molecule has 0 aromatic heterocycles. The molecule has 0 spiro atoms. The van der Waals surface area contributed by atoms with Crippen molar-refractivity contribution in [3.05, 3.63) is 47.8 Å². The van der Waals surface area contributed by atoms with Crippen molar-refractivity contribution >= 4 is 0 Å². The molecular weight excluding hydrogens is 272 g/mol. The molecule has 1 fully saturated rings. The summed E-state index contributed by atoms with van der Waals surface area (Å²) in [6.45, 7) is 6.63. The molecule has 0 amide bonds. The highest BCUT2D eigenvalue weighted by molar-refractivity contribution is 5.30. The van der Waals surface area contributed by atoms with E-state index >= 15 is 0 Å². The van der Waals surface area contributed by atoms with Gasteiger partial charge in [0.2, 0.25) is 0 Å². The summed E-state index contributed by atoms with van der Waals surface area (Å²) in [7, 11) is 0. The smallest absolute Gasteiger partial charge is 0.314 e. The molecule has 1 aliphatic heterocycles. The number of nitrogens with one attached hydrogen (secondary N) is 1. The van der Waals surface area contributed by atoms with Gasteiger partial charge in [0.25, 0.3) is 0 Å². The van der Waals surface area contributed by atoms with E-state index in [-0.39, 0.29) is 5.56 Å². The zero-order valence-corrected chi connectivity index (χ0v) is 10.9. The predicted molar refractivity (Wildman–Crippen MR) is 68.8 cm³/mol. The maximum Gasteiger partial charge on any atom is 0.416 e. The van der Waals surface area contributed by atoms with E-state index in [1.54, 1.807) is 6.08 Å². The molecule has 1 N–H and O–H groups in total.